The van der Waals surface area contributed by atoms with Gasteiger partial charge < -0.3 is 19.5 Å². The number of aromatic nitrogens is 1. The summed E-state index contributed by atoms with van der Waals surface area (Å²) in [5.41, 5.74) is 3.56. The molecule has 0 saturated carbocycles. The molecule has 25 heavy (non-hydrogen) atoms. The molecule has 1 aliphatic rings. The van der Waals surface area contributed by atoms with Crippen molar-refractivity contribution >= 4 is 6.03 Å². The van der Waals surface area contributed by atoms with Crippen molar-refractivity contribution in [1.29, 1.82) is 0 Å². The van der Waals surface area contributed by atoms with Crippen LogP contribution in [0.3, 0.4) is 0 Å². The molecule has 2 aromatic rings. The summed E-state index contributed by atoms with van der Waals surface area (Å²) in [5, 5.41) is 3.07. The average Bonchev–Trinajstić information content (AvgIpc) is 3.02. The van der Waals surface area contributed by atoms with E-state index >= 15 is 0 Å². The normalized spacial score (nSPS) is 16.4. The minimum Gasteiger partial charge on any atom is -0.497 e. The number of nitrogens with one attached hydrogen (secondary N) is 1. The molecule has 0 fully saturated rings. The van der Waals surface area contributed by atoms with Gasteiger partial charge >= 0.3 is 6.03 Å². The average molecular weight is 341 g/mol. The van der Waals surface area contributed by atoms with Crippen molar-refractivity contribution in [2.45, 2.75) is 45.8 Å². The topological polar surface area (TPSA) is 46.5 Å². The highest BCUT2D eigenvalue weighted by Gasteiger charge is 2.30. The number of aryl methyl sites for hydroxylation is 1. The molecule has 1 aliphatic heterocycles. The first kappa shape index (κ1) is 17.4. The first-order chi connectivity index (χ1) is 12.1. The fraction of sp³-hybridized carbons (Fsp3) is 0.450. The van der Waals surface area contributed by atoms with Crippen LogP contribution in [0.1, 0.15) is 42.8 Å². The zero-order valence-electron chi connectivity index (χ0n) is 15.3. The zero-order chi connectivity index (χ0) is 17.8. The van der Waals surface area contributed by atoms with Gasteiger partial charge in [0.05, 0.1) is 13.2 Å². The minimum atomic E-state index is 0.00590. The van der Waals surface area contributed by atoms with Gasteiger partial charge in [-0.15, -0.1) is 0 Å². The number of methoxy groups -OCH3 is 1. The van der Waals surface area contributed by atoms with E-state index in [0.29, 0.717) is 6.54 Å². The van der Waals surface area contributed by atoms with Gasteiger partial charge in [0.2, 0.25) is 0 Å². The van der Waals surface area contributed by atoms with Crippen LogP contribution in [0.25, 0.3) is 0 Å². The standard InChI is InChI=1S/C20H27N3O2/c1-4-6-18-19-10-9-15(2)22(19)11-12-23(18)20(24)21-14-16-7-5-8-17(13-16)25-3/h5,7-10,13,18H,4,6,11-12,14H2,1-3H3,(H,21,24)/t18-/m0/s1. The van der Waals surface area contributed by atoms with E-state index in [1.54, 1.807) is 7.11 Å². The summed E-state index contributed by atoms with van der Waals surface area (Å²) in [7, 11) is 1.65. The van der Waals surface area contributed by atoms with Crippen molar-refractivity contribution in [1.82, 2.24) is 14.8 Å². The highest BCUT2D eigenvalue weighted by atomic mass is 16.5. The predicted octanol–water partition coefficient (Wildman–Crippen LogP) is 3.87. The molecular weight excluding hydrogens is 314 g/mol. The van der Waals surface area contributed by atoms with Gasteiger partial charge in [-0.3, -0.25) is 0 Å². The van der Waals surface area contributed by atoms with Crippen LogP contribution in [0.4, 0.5) is 4.79 Å². The van der Waals surface area contributed by atoms with Gasteiger partial charge in [0.1, 0.15) is 5.75 Å². The molecule has 2 amide bonds. The fourth-order valence-corrected chi connectivity index (χ4v) is 3.59. The molecule has 0 spiro atoms. The SMILES string of the molecule is CCC[C@H]1c2ccc(C)n2CCN1C(=O)NCc1cccc(OC)c1. The molecule has 0 bridgehead atoms. The van der Waals surface area contributed by atoms with E-state index < -0.39 is 0 Å². The van der Waals surface area contributed by atoms with Crippen molar-refractivity contribution in [2.75, 3.05) is 13.7 Å². The van der Waals surface area contributed by atoms with E-state index in [4.69, 9.17) is 4.74 Å². The molecule has 2 heterocycles. The van der Waals surface area contributed by atoms with Crippen LogP contribution in [-0.2, 0) is 13.1 Å². The summed E-state index contributed by atoms with van der Waals surface area (Å²) < 4.78 is 7.58. The Kier molecular flexibility index (Phi) is 5.31. The van der Waals surface area contributed by atoms with Gasteiger partial charge in [0.15, 0.2) is 0 Å². The highest BCUT2D eigenvalue weighted by Crippen LogP contribution is 2.31. The Bertz CT molecular complexity index is 738. The van der Waals surface area contributed by atoms with E-state index in [2.05, 4.69) is 35.9 Å². The fourth-order valence-electron chi connectivity index (χ4n) is 3.59. The molecular formula is C20H27N3O2. The van der Waals surface area contributed by atoms with Crippen LogP contribution in [0.2, 0.25) is 0 Å². The van der Waals surface area contributed by atoms with E-state index in [-0.39, 0.29) is 12.1 Å². The number of carbonyl (C=O) groups excluding carboxylic acids is 1. The van der Waals surface area contributed by atoms with E-state index in [0.717, 1.165) is 37.2 Å². The molecule has 0 radical (unpaired) electrons. The first-order valence-electron chi connectivity index (χ1n) is 8.97. The molecule has 0 unspecified atom stereocenters. The third-order valence-electron chi connectivity index (χ3n) is 4.92. The summed E-state index contributed by atoms with van der Waals surface area (Å²) in [5.74, 6) is 0.807. The van der Waals surface area contributed by atoms with Gasteiger partial charge in [-0.2, -0.15) is 0 Å². The summed E-state index contributed by atoms with van der Waals surface area (Å²) in [6.07, 6.45) is 2.03. The Balaban J connectivity index is 1.70. The lowest BCUT2D eigenvalue weighted by molar-refractivity contribution is 0.150. The number of rotatable bonds is 5. The van der Waals surface area contributed by atoms with Gasteiger partial charge in [-0.1, -0.05) is 25.5 Å². The Morgan fingerprint density at radius 3 is 2.88 bits per heavy atom. The number of fused-ring (bicyclic) bond motifs is 1. The van der Waals surface area contributed by atoms with Crippen LogP contribution in [-0.4, -0.2) is 29.2 Å². The van der Waals surface area contributed by atoms with Crippen molar-refractivity contribution in [3.05, 3.63) is 53.3 Å². The third kappa shape index (κ3) is 3.65. The summed E-state index contributed by atoms with van der Waals surface area (Å²) >= 11 is 0. The largest absolute Gasteiger partial charge is 0.497 e. The molecule has 1 N–H and O–H groups in total. The maximum atomic E-state index is 12.8. The number of carbonyl (C=O) groups is 1. The van der Waals surface area contributed by atoms with Gasteiger partial charge in [0, 0.05) is 31.0 Å². The quantitative estimate of drug-likeness (QED) is 0.897. The van der Waals surface area contributed by atoms with Crippen molar-refractivity contribution in [3.63, 3.8) is 0 Å². The lowest BCUT2D eigenvalue weighted by Gasteiger charge is -2.37. The third-order valence-corrected chi connectivity index (χ3v) is 4.92. The zero-order valence-corrected chi connectivity index (χ0v) is 15.3. The number of amides is 2. The molecule has 0 saturated heterocycles. The molecule has 5 heteroatoms. The molecule has 134 valence electrons. The molecule has 1 aromatic heterocycles. The molecule has 1 aromatic carbocycles. The predicted molar refractivity (Wildman–Crippen MR) is 98.8 cm³/mol. The Hall–Kier alpha value is -2.43. The number of benzene rings is 1. The summed E-state index contributed by atoms with van der Waals surface area (Å²) in [6, 6.07) is 12.3. The molecule has 1 atom stereocenters. The monoisotopic (exact) mass is 341 g/mol. The number of hydrogen-bond donors (Lipinski definition) is 1. The number of nitrogens with zero attached hydrogens (tertiary/aromatic N) is 2. The smallest absolute Gasteiger partial charge is 0.318 e. The van der Waals surface area contributed by atoms with Crippen LogP contribution >= 0.6 is 0 Å². The van der Waals surface area contributed by atoms with Crippen molar-refractivity contribution in [2.24, 2.45) is 0 Å². The molecule has 5 nitrogen and oxygen atoms in total. The number of ether oxygens (including phenoxy) is 1. The lowest BCUT2D eigenvalue weighted by Crippen LogP contribution is -2.46. The van der Waals surface area contributed by atoms with E-state index in [9.17, 15) is 4.79 Å². The maximum Gasteiger partial charge on any atom is 0.318 e. The second kappa shape index (κ2) is 7.64. The second-order valence-corrected chi connectivity index (χ2v) is 6.56. The van der Waals surface area contributed by atoms with Gasteiger partial charge in [-0.25, -0.2) is 4.79 Å². The van der Waals surface area contributed by atoms with Crippen LogP contribution < -0.4 is 10.1 Å². The minimum absolute atomic E-state index is 0.00590. The van der Waals surface area contributed by atoms with E-state index in [1.807, 2.05) is 29.2 Å². The first-order valence-corrected chi connectivity index (χ1v) is 8.97. The number of urea groups is 1. The van der Waals surface area contributed by atoms with E-state index in [1.165, 1.54) is 11.4 Å². The highest BCUT2D eigenvalue weighted by molar-refractivity contribution is 5.75. The molecule has 3 rings (SSSR count). The maximum absolute atomic E-state index is 12.8. The second-order valence-electron chi connectivity index (χ2n) is 6.56. The Labute approximate surface area is 149 Å². The lowest BCUT2D eigenvalue weighted by atomic mass is 10.0. The van der Waals surface area contributed by atoms with Gasteiger partial charge in [-0.05, 0) is 43.2 Å². The van der Waals surface area contributed by atoms with Crippen LogP contribution in [0, 0.1) is 6.92 Å². The molecule has 0 aliphatic carbocycles. The Morgan fingerprint density at radius 1 is 1.28 bits per heavy atom. The Morgan fingerprint density at radius 2 is 2.12 bits per heavy atom. The van der Waals surface area contributed by atoms with Crippen LogP contribution in [0.15, 0.2) is 36.4 Å². The number of hydrogen-bond acceptors (Lipinski definition) is 2. The van der Waals surface area contributed by atoms with Crippen LogP contribution in [0.5, 0.6) is 5.75 Å². The summed E-state index contributed by atoms with van der Waals surface area (Å²) in [4.78, 5) is 14.8. The van der Waals surface area contributed by atoms with Crippen molar-refractivity contribution in [3.8, 4) is 5.75 Å². The van der Waals surface area contributed by atoms with Crippen molar-refractivity contribution < 1.29 is 9.53 Å². The summed E-state index contributed by atoms with van der Waals surface area (Å²) in [6.45, 7) is 6.41. The van der Waals surface area contributed by atoms with Gasteiger partial charge in [0.25, 0.3) is 0 Å².